The van der Waals surface area contributed by atoms with E-state index in [-0.39, 0.29) is 18.4 Å². The molecule has 0 bridgehead atoms. The van der Waals surface area contributed by atoms with Crippen molar-refractivity contribution in [2.75, 3.05) is 69.3 Å². The van der Waals surface area contributed by atoms with Crippen LogP contribution < -0.4 is 20.3 Å². The fraction of sp³-hybridized carbons (Fsp3) is 0.440. The van der Waals surface area contributed by atoms with Crippen molar-refractivity contribution in [3.05, 3.63) is 53.1 Å². The summed E-state index contributed by atoms with van der Waals surface area (Å²) in [5.41, 5.74) is 2.03. The molecule has 182 valence electrons. The van der Waals surface area contributed by atoms with Gasteiger partial charge in [-0.25, -0.2) is 0 Å². The molecule has 0 aromatic heterocycles. The van der Waals surface area contributed by atoms with E-state index in [2.05, 4.69) is 20.4 Å². The summed E-state index contributed by atoms with van der Waals surface area (Å²) in [5.74, 6) is 0.121. The van der Waals surface area contributed by atoms with Gasteiger partial charge in [-0.05, 0) is 55.3 Å². The average molecular weight is 487 g/mol. The van der Waals surface area contributed by atoms with E-state index < -0.39 is 0 Å². The van der Waals surface area contributed by atoms with Crippen LogP contribution in [0.15, 0.2) is 42.5 Å². The monoisotopic (exact) mass is 486 g/mol. The number of nitrogens with one attached hydrogen (secondary N) is 2. The zero-order chi connectivity index (χ0) is 23.8. The summed E-state index contributed by atoms with van der Waals surface area (Å²) in [6, 6.07) is 12.3. The molecule has 2 aromatic carbocycles. The molecule has 9 heteroatoms. The molecule has 34 heavy (non-hydrogen) atoms. The maximum Gasteiger partial charge on any atom is 0.262 e. The number of carbonyl (C=O) groups is 2. The summed E-state index contributed by atoms with van der Waals surface area (Å²) < 4.78 is 10.9. The van der Waals surface area contributed by atoms with Crippen LogP contribution in [-0.2, 0) is 9.53 Å². The maximum atomic E-state index is 13.1. The molecule has 0 radical (unpaired) electrons. The number of hydrogen-bond acceptors (Lipinski definition) is 6. The van der Waals surface area contributed by atoms with Gasteiger partial charge in [-0.3, -0.25) is 14.5 Å². The highest BCUT2D eigenvalue weighted by molar-refractivity contribution is 6.30. The number of carbonyl (C=O) groups excluding carboxylic acids is 2. The van der Waals surface area contributed by atoms with Gasteiger partial charge in [0.25, 0.3) is 11.8 Å². The molecule has 2 saturated heterocycles. The standard InChI is InChI=1S/C25H31ClN4O4/c26-19-3-6-21(7-4-19)34-18-24(31)28-20-5-8-23(30-10-1-2-11-30)22(17-20)25(32)27-9-12-29-13-15-33-16-14-29/h3-8,17H,1-2,9-16,18H2,(H,27,32)(H,28,31). The SMILES string of the molecule is O=C(COc1ccc(Cl)cc1)Nc1ccc(N2CCCC2)c(C(=O)NCCN2CCOCC2)c1. The van der Waals surface area contributed by atoms with Gasteiger partial charge in [0.15, 0.2) is 6.61 Å². The van der Waals surface area contributed by atoms with Crippen LogP contribution in [0.25, 0.3) is 0 Å². The molecule has 0 aliphatic carbocycles. The average Bonchev–Trinajstić information content (AvgIpc) is 3.39. The largest absolute Gasteiger partial charge is 0.484 e. The van der Waals surface area contributed by atoms with Gasteiger partial charge in [0.1, 0.15) is 5.75 Å². The van der Waals surface area contributed by atoms with Crippen LogP contribution in [0, 0.1) is 0 Å². The molecule has 2 aromatic rings. The number of amides is 2. The van der Waals surface area contributed by atoms with Crippen molar-refractivity contribution in [3.8, 4) is 5.75 Å². The highest BCUT2D eigenvalue weighted by Crippen LogP contribution is 2.27. The van der Waals surface area contributed by atoms with E-state index in [1.807, 2.05) is 12.1 Å². The van der Waals surface area contributed by atoms with Crippen molar-refractivity contribution in [2.45, 2.75) is 12.8 Å². The second kappa shape index (κ2) is 12.1. The quantitative estimate of drug-likeness (QED) is 0.567. The lowest BCUT2D eigenvalue weighted by atomic mass is 10.1. The van der Waals surface area contributed by atoms with Gasteiger partial charge in [0, 0.05) is 55.7 Å². The predicted molar refractivity (Wildman–Crippen MR) is 133 cm³/mol. The summed E-state index contributed by atoms with van der Waals surface area (Å²) in [4.78, 5) is 30.1. The van der Waals surface area contributed by atoms with E-state index >= 15 is 0 Å². The Hall–Kier alpha value is -2.81. The summed E-state index contributed by atoms with van der Waals surface area (Å²) in [7, 11) is 0. The molecule has 2 fully saturated rings. The number of benzene rings is 2. The van der Waals surface area contributed by atoms with Gasteiger partial charge in [-0.1, -0.05) is 11.6 Å². The van der Waals surface area contributed by atoms with Crippen LogP contribution in [0.1, 0.15) is 23.2 Å². The second-order valence-corrected chi connectivity index (χ2v) is 8.86. The molecule has 0 spiro atoms. The van der Waals surface area contributed by atoms with Gasteiger partial charge in [0.2, 0.25) is 0 Å². The van der Waals surface area contributed by atoms with Crippen molar-refractivity contribution >= 4 is 34.8 Å². The van der Waals surface area contributed by atoms with Crippen LogP contribution in [0.2, 0.25) is 5.02 Å². The molecule has 2 N–H and O–H groups in total. The highest BCUT2D eigenvalue weighted by Gasteiger charge is 2.21. The molecule has 2 aliphatic rings. The molecule has 2 amide bonds. The smallest absolute Gasteiger partial charge is 0.262 e. The lowest BCUT2D eigenvalue weighted by molar-refractivity contribution is -0.118. The lowest BCUT2D eigenvalue weighted by Gasteiger charge is -2.26. The van der Waals surface area contributed by atoms with E-state index in [4.69, 9.17) is 21.1 Å². The minimum absolute atomic E-state index is 0.135. The third-order valence-corrected chi connectivity index (χ3v) is 6.22. The molecule has 0 unspecified atom stereocenters. The number of morpholine rings is 1. The second-order valence-electron chi connectivity index (χ2n) is 8.43. The zero-order valence-electron chi connectivity index (χ0n) is 19.2. The Morgan fingerprint density at radius 2 is 1.74 bits per heavy atom. The molecule has 0 saturated carbocycles. The number of hydrogen-bond donors (Lipinski definition) is 2. The van der Waals surface area contributed by atoms with Crippen LogP contribution in [0.4, 0.5) is 11.4 Å². The molecule has 0 atom stereocenters. The van der Waals surface area contributed by atoms with Gasteiger partial charge in [-0.2, -0.15) is 0 Å². The van der Waals surface area contributed by atoms with Crippen LogP contribution in [0.3, 0.4) is 0 Å². The minimum Gasteiger partial charge on any atom is -0.484 e. The fourth-order valence-electron chi connectivity index (χ4n) is 4.15. The van der Waals surface area contributed by atoms with Gasteiger partial charge in [-0.15, -0.1) is 0 Å². The summed E-state index contributed by atoms with van der Waals surface area (Å²) in [5, 5.41) is 6.48. The molecule has 4 rings (SSSR count). The van der Waals surface area contributed by atoms with Gasteiger partial charge >= 0.3 is 0 Å². The summed E-state index contributed by atoms with van der Waals surface area (Å²) in [6.07, 6.45) is 2.22. The topological polar surface area (TPSA) is 83.1 Å². The maximum absolute atomic E-state index is 13.1. The Labute approximate surface area is 205 Å². The Balaban J connectivity index is 1.38. The highest BCUT2D eigenvalue weighted by atomic mass is 35.5. The Morgan fingerprint density at radius 1 is 1.00 bits per heavy atom. The van der Waals surface area contributed by atoms with Gasteiger partial charge < -0.3 is 25.0 Å². The predicted octanol–water partition coefficient (Wildman–Crippen LogP) is 3.02. The summed E-state index contributed by atoms with van der Waals surface area (Å²) >= 11 is 5.87. The van der Waals surface area contributed by atoms with E-state index in [1.54, 1.807) is 30.3 Å². The van der Waals surface area contributed by atoms with Crippen molar-refractivity contribution < 1.29 is 19.1 Å². The van der Waals surface area contributed by atoms with E-state index in [9.17, 15) is 9.59 Å². The van der Waals surface area contributed by atoms with Crippen molar-refractivity contribution in [3.63, 3.8) is 0 Å². The molecule has 8 nitrogen and oxygen atoms in total. The Bertz CT molecular complexity index is 973. The first-order chi connectivity index (χ1) is 16.6. The first-order valence-corrected chi connectivity index (χ1v) is 12.1. The normalized spacial score (nSPS) is 16.3. The molecular weight excluding hydrogens is 456 g/mol. The first kappa shape index (κ1) is 24.3. The van der Waals surface area contributed by atoms with E-state index in [0.29, 0.717) is 28.6 Å². The van der Waals surface area contributed by atoms with E-state index in [1.165, 1.54) is 0 Å². The Morgan fingerprint density at radius 3 is 2.47 bits per heavy atom. The third-order valence-electron chi connectivity index (χ3n) is 5.97. The number of ether oxygens (including phenoxy) is 2. The van der Waals surface area contributed by atoms with E-state index in [0.717, 1.165) is 64.5 Å². The van der Waals surface area contributed by atoms with Gasteiger partial charge in [0.05, 0.1) is 18.8 Å². The number of nitrogens with zero attached hydrogens (tertiary/aromatic N) is 2. The van der Waals surface area contributed by atoms with Crippen LogP contribution in [-0.4, -0.2) is 75.8 Å². The lowest BCUT2D eigenvalue weighted by Crippen LogP contribution is -2.41. The third kappa shape index (κ3) is 6.85. The van der Waals surface area contributed by atoms with Crippen molar-refractivity contribution in [1.29, 1.82) is 0 Å². The molecule has 2 heterocycles. The number of halogens is 1. The molecule has 2 aliphatic heterocycles. The van der Waals surface area contributed by atoms with Crippen molar-refractivity contribution in [1.82, 2.24) is 10.2 Å². The molecular formula is C25H31ClN4O4. The van der Waals surface area contributed by atoms with Crippen LogP contribution >= 0.6 is 11.6 Å². The minimum atomic E-state index is -0.303. The van der Waals surface area contributed by atoms with Crippen molar-refractivity contribution in [2.24, 2.45) is 0 Å². The summed E-state index contributed by atoms with van der Waals surface area (Å²) in [6.45, 7) is 6.28. The first-order valence-electron chi connectivity index (χ1n) is 11.7. The number of rotatable bonds is 9. The Kier molecular flexibility index (Phi) is 8.62. The fourth-order valence-corrected chi connectivity index (χ4v) is 4.28. The zero-order valence-corrected chi connectivity index (χ0v) is 20.0. The number of anilines is 2. The van der Waals surface area contributed by atoms with Crippen LogP contribution in [0.5, 0.6) is 5.75 Å².